The van der Waals surface area contributed by atoms with Gasteiger partial charge in [0.1, 0.15) is 6.04 Å². The average Bonchev–Trinajstić information content (AvgIpc) is 3.23. The Bertz CT molecular complexity index is 662. The molecule has 0 aromatic carbocycles. The van der Waals surface area contributed by atoms with E-state index in [0.29, 0.717) is 22.1 Å². The SMILES string of the molecule is CC(C)[C@@H](NC(=O)c1cc[n+]([O-])cc1)c1nc(C2CC2)no1. The fraction of sp³-hybridized carbons (Fsp3) is 0.467. The first-order chi connectivity index (χ1) is 10.5. The predicted octanol–water partition coefficient (Wildman–Crippen LogP) is 1.71. The average molecular weight is 302 g/mol. The largest absolute Gasteiger partial charge is 0.619 e. The maximum atomic E-state index is 12.3. The molecular weight excluding hydrogens is 284 g/mol. The van der Waals surface area contributed by atoms with E-state index in [4.69, 9.17) is 4.52 Å². The lowest BCUT2D eigenvalue weighted by atomic mass is 10.0. The minimum atomic E-state index is -0.355. The van der Waals surface area contributed by atoms with Gasteiger partial charge in [-0.1, -0.05) is 19.0 Å². The third-order valence-electron chi connectivity index (χ3n) is 3.68. The zero-order chi connectivity index (χ0) is 15.7. The quantitative estimate of drug-likeness (QED) is 0.670. The Hall–Kier alpha value is -2.44. The number of nitrogens with zero attached hydrogens (tertiary/aromatic N) is 3. The minimum Gasteiger partial charge on any atom is -0.619 e. The molecule has 1 aliphatic carbocycles. The lowest BCUT2D eigenvalue weighted by Gasteiger charge is -2.18. The van der Waals surface area contributed by atoms with Crippen LogP contribution in [0.15, 0.2) is 29.0 Å². The Morgan fingerprint density at radius 3 is 2.68 bits per heavy atom. The number of aromatic nitrogens is 3. The van der Waals surface area contributed by atoms with Crippen molar-refractivity contribution < 1.29 is 14.0 Å². The molecule has 0 bridgehead atoms. The van der Waals surface area contributed by atoms with Crippen LogP contribution in [0.5, 0.6) is 0 Å². The van der Waals surface area contributed by atoms with Crippen LogP contribution in [0.25, 0.3) is 0 Å². The summed E-state index contributed by atoms with van der Waals surface area (Å²) in [6.07, 6.45) is 4.77. The van der Waals surface area contributed by atoms with Crippen LogP contribution < -0.4 is 10.0 Å². The molecule has 3 rings (SSSR count). The molecule has 2 heterocycles. The van der Waals surface area contributed by atoms with Crippen molar-refractivity contribution in [1.82, 2.24) is 15.5 Å². The highest BCUT2D eigenvalue weighted by atomic mass is 16.5. The molecule has 7 heteroatoms. The van der Waals surface area contributed by atoms with Gasteiger partial charge in [0, 0.05) is 18.1 Å². The van der Waals surface area contributed by atoms with Gasteiger partial charge in [-0.15, -0.1) is 0 Å². The molecule has 1 saturated carbocycles. The van der Waals surface area contributed by atoms with E-state index < -0.39 is 0 Å². The maximum absolute atomic E-state index is 12.3. The molecule has 1 amide bonds. The number of carbonyl (C=O) groups excluding carboxylic acids is 1. The van der Waals surface area contributed by atoms with Gasteiger partial charge in [-0.3, -0.25) is 4.79 Å². The number of carbonyl (C=O) groups is 1. The van der Waals surface area contributed by atoms with Gasteiger partial charge in [-0.2, -0.15) is 9.71 Å². The molecular formula is C15H18N4O3. The maximum Gasteiger partial charge on any atom is 0.252 e. The lowest BCUT2D eigenvalue weighted by molar-refractivity contribution is -0.605. The van der Waals surface area contributed by atoms with Crippen molar-refractivity contribution in [2.75, 3.05) is 0 Å². The molecule has 1 atom stereocenters. The van der Waals surface area contributed by atoms with E-state index in [1.165, 1.54) is 24.5 Å². The van der Waals surface area contributed by atoms with E-state index in [0.717, 1.165) is 18.7 Å². The number of amides is 1. The zero-order valence-electron chi connectivity index (χ0n) is 12.5. The van der Waals surface area contributed by atoms with Crippen molar-refractivity contribution in [3.05, 3.63) is 47.0 Å². The Labute approximate surface area is 127 Å². The monoisotopic (exact) mass is 302 g/mol. The molecule has 1 N–H and O–H groups in total. The third kappa shape index (κ3) is 3.08. The second-order valence-corrected chi connectivity index (χ2v) is 5.91. The normalized spacial score (nSPS) is 15.8. The van der Waals surface area contributed by atoms with Crippen molar-refractivity contribution in [2.45, 2.75) is 38.6 Å². The first-order valence-electron chi connectivity index (χ1n) is 7.38. The summed E-state index contributed by atoms with van der Waals surface area (Å²) in [5.41, 5.74) is 0.416. The van der Waals surface area contributed by atoms with Crippen LogP contribution >= 0.6 is 0 Å². The molecule has 0 saturated heterocycles. The van der Waals surface area contributed by atoms with Gasteiger partial charge < -0.3 is 15.0 Å². The summed E-state index contributed by atoms with van der Waals surface area (Å²) >= 11 is 0. The zero-order valence-corrected chi connectivity index (χ0v) is 12.5. The number of rotatable bonds is 5. The first kappa shape index (κ1) is 14.5. The van der Waals surface area contributed by atoms with Crippen LogP contribution in [0.1, 0.15) is 60.7 Å². The topological polar surface area (TPSA) is 95.0 Å². The molecule has 22 heavy (non-hydrogen) atoms. The van der Waals surface area contributed by atoms with Crippen LogP contribution in [0.3, 0.4) is 0 Å². The van der Waals surface area contributed by atoms with Crippen LogP contribution in [0.4, 0.5) is 0 Å². The van der Waals surface area contributed by atoms with Crippen molar-refractivity contribution >= 4 is 5.91 Å². The summed E-state index contributed by atoms with van der Waals surface area (Å²) in [6.45, 7) is 3.95. The summed E-state index contributed by atoms with van der Waals surface area (Å²) in [6, 6.07) is 2.60. The summed E-state index contributed by atoms with van der Waals surface area (Å²) in [5, 5.41) is 17.9. The van der Waals surface area contributed by atoms with Gasteiger partial charge >= 0.3 is 0 Å². The Morgan fingerprint density at radius 1 is 1.41 bits per heavy atom. The molecule has 0 radical (unpaired) electrons. The van der Waals surface area contributed by atoms with E-state index in [2.05, 4.69) is 15.5 Å². The number of hydrogen-bond donors (Lipinski definition) is 1. The van der Waals surface area contributed by atoms with Crippen molar-refractivity contribution in [2.24, 2.45) is 5.92 Å². The van der Waals surface area contributed by atoms with Crippen molar-refractivity contribution in [1.29, 1.82) is 0 Å². The second kappa shape index (κ2) is 5.75. The van der Waals surface area contributed by atoms with E-state index in [1.54, 1.807) is 0 Å². The Kier molecular flexibility index (Phi) is 3.79. The standard InChI is InChI=1S/C15H18N4O3/c1-9(2)12(15-17-13(18-22-15)10-3-4-10)16-14(20)11-5-7-19(21)8-6-11/h5-10,12H,3-4H2,1-2H3,(H,16,20)/t12-/m1/s1. The van der Waals surface area contributed by atoms with Crippen LogP contribution in [0, 0.1) is 11.1 Å². The fourth-order valence-electron chi connectivity index (χ4n) is 2.18. The van der Waals surface area contributed by atoms with E-state index in [9.17, 15) is 10.0 Å². The van der Waals surface area contributed by atoms with E-state index >= 15 is 0 Å². The Balaban J connectivity index is 1.75. The molecule has 1 aliphatic rings. The third-order valence-corrected chi connectivity index (χ3v) is 3.68. The molecule has 2 aromatic heterocycles. The highest BCUT2D eigenvalue weighted by Gasteiger charge is 2.31. The summed E-state index contributed by atoms with van der Waals surface area (Å²) in [4.78, 5) is 16.7. The van der Waals surface area contributed by atoms with Crippen LogP contribution in [0.2, 0.25) is 0 Å². The molecule has 0 spiro atoms. The molecule has 0 unspecified atom stereocenters. The highest BCUT2D eigenvalue weighted by molar-refractivity contribution is 5.94. The first-order valence-corrected chi connectivity index (χ1v) is 7.38. The molecule has 0 aliphatic heterocycles. The van der Waals surface area contributed by atoms with Crippen molar-refractivity contribution in [3.8, 4) is 0 Å². The molecule has 116 valence electrons. The number of hydrogen-bond acceptors (Lipinski definition) is 5. The summed E-state index contributed by atoms with van der Waals surface area (Å²) in [7, 11) is 0. The van der Waals surface area contributed by atoms with Gasteiger partial charge in [0.25, 0.3) is 5.91 Å². The van der Waals surface area contributed by atoms with Gasteiger partial charge in [0.15, 0.2) is 18.2 Å². The molecule has 1 fully saturated rings. The molecule has 7 nitrogen and oxygen atoms in total. The van der Waals surface area contributed by atoms with Crippen LogP contribution in [-0.4, -0.2) is 16.0 Å². The molecule has 2 aromatic rings. The van der Waals surface area contributed by atoms with Gasteiger partial charge in [-0.25, -0.2) is 0 Å². The number of nitrogens with one attached hydrogen (secondary N) is 1. The highest BCUT2D eigenvalue weighted by Crippen LogP contribution is 2.38. The smallest absolute Gasteiger partial charge is 0.252 e. The minimum absolute atomic E-state index is 0.101. The lowest BCUT2D eigenvalue weighted by Crippen LogP contribution is -2.33. The second-order valence-electron chi connectivity index (χ2n) is 5.91. The predicted molar refractivity (Wildman–Crippen MR) is 76.7 cm³/mol. The van der Waals surface area contributed by atoms with Gasteiger partial charge in [0.05, 0.1) is 5.56 Å². The Morgan fingerprint density at radius 2 is 2.09 bits per heavy atom. The van der Waals surface area contributed by atoms with Gasteiger partial charge in [0.2, 0.25) is 5.89 Å². The van der Waals surface area contributed by atoms with E-state index in [1.807, 2.05) is 13.8 Å². The summed E-state index contributed by atoms with van der Waals surface area (Å²) in [5.74, 6) is 1.39. The summed E-state index contributed by atoms with van der Waals surface area (Å²) < 4.78 is 5.95. The number of pyridine rings is 1. The van der Waals surface area contributed by atoms with Crippen LogP contribution in [-0.2, 0) is 0 Å². The van der Waals surface area contributed by atoms with E-state index in [-0.39, 0.29) is 17.9 Å². The fourth-order valence-corrected chi connectivity index (χ4v) is 2.18. The van der Waals surface area contributed by atoms with Gasteiger partial charge in [-0.05, 0) is 18.8 Å². The van der Waals surface area contributed by atoms with Crippen molar-refractivity contribution in [3.63, 3.8) is 0 Å².